The first kappa shape index (κ1) is 21.4. The van der Waals surface area contributed by atoms with Crippen LogP contribution in [-0.4, -0.2) is 23.5 Å². The van der Waals surface area contributed by atoms with Crippen molar-refractivity contribution in [2.24, 2.45) is 0 Å². The van der Waals surface area contributed by atoms with Crippen molar-refractivity contribution in [3.05, 3.63) is 83.8 Å². The van der Waals surface area contributed by atoms with Gasteiger partial charge in [0.25, 0.3) is 0 Å². The first-order valence-electron chi connectivity index (χ1n) is 9.17. The van der Waals surface area contributed by atoms with Crippen molar-refractivity contribution in [3.8, 4) is 28.1 Å². The van der Waals surface area contributed by atoms with Gasteiger partial charge < -0.3 is 4.18 Å². The molecule has 0 fully saturated rings. The van der Waals surface area contributed by atoms with Crippen molar-refractivity contribution >= 4 is 21.3 Å². The lowest BCUT2D eigenvalue weighted by molar-refractivity contribution is -0.0499. The second-order valence-corrected chi connectivity index (χ2v) is 8.44. The highest BCUT2D eigenvalue weighted by Crippen LogP contribution is 2.39. The van der Waals surface area contributed by atoms with Gasteiger partial charge in [-0.25, -0.2) is 9.36 Å². The van der Waals surface area contributed by atoms with Gasteiger partial charge in [0.15, 0.2) is 11.4 Å². The molecular weight excluding hydrogens is 443 g/mol. The molecule has 162 valence electrons. The van der Waals surface area contributed by atoms with E-state index < -0.39 is 21.4 Å². The van der Waals surface area contributed by atoms with Crippen molar-refractivity contribution in [2.45, 2.75) is 12.4 Å². The van der Waals surface area contributed by atoms with Gasteiger partial charge in [-0.1, -0.05) is 54.1 Å². The minimum Gasteiger partial charge on any atom is -0.374 e. The summed E-state index contributed by atoms with van der Waals surface area (Å²) in [6, 6.07) is 16.6. The molecule has 0 spiro atoms. The van der Waals surface area contributed by atoms with Gasteiger partial charge in [0, 0.05) is 17.2 Å². The molecule has 10 heteroatoms. The number of alkyl halides is 3. The molecule has 0 amide bonds. The highest BCUT2D eigenvalue weighted by atomic mass is 32.2. The molecule has 2 aromatic heterocycles. The number of rotatable bonds is 4. The number of aromatic nitrogens is 2. The molecule has 0 saturated carbocycles. The third-order valence-electron chi connectivity index (χ3n) is 4.75. The van der Waals surface area contributed by atoms with E-state index in [1.807, 2.05) is 31.2 Å². The van der Waals surface area contributed by atoms with E-state index in [-0.39, 0.29) is 5.52 Å². The first-order chi connectivity index (χ1) is 15.1. The summed E-state index contributed by atoms with van der Waals surface area (Å²) in [6.07, 6.45) is 1.16. The van der Waals surface area contributed by atoms with Gasteiger partial charge in [0.05, 0.1) is 18.5 Å². The Kier molecular flexibility index (Phi) is 5.14. The number of halogens is 3. The summed E-state index contributed by atoms with van der Waals surface area (Å²) >= 11 is 0. The number of hydrogen-bond donors (Lipinski definition) is 0. The summed E-state index contributed by atoms with van der Waals surface area (Å²) in [5.74, 6) is -0.505. The molecule has 0 saturated heterocycles. The number of benzene rings is 2. The van der Waals surface area contributed by atoms with Crippen molar-refractivity contribution in [1.29, 1.82) is 0 Å². The van der Waals surface area contributed by atoms with Crippen LogP contribution >= 0.6 is 0 Å². The van der Waals surface area contributed by atoms with Gasteiger partial charge in [0.1, 0.15) is 5.52 Å². The van der Waals surface area contributed by atoms with Crippen molar-refractivity contribution in [1.82, 2.24) is 9.61 Å². The molecule has 0 N–H and O–H groups in total. The van der Waals surface area contributed by atoms with Gasteiger partial charge in [-0.3, -0.25) is 0 Å². The Bertz CT molecular complexity index is 1450. The largest absolute Gasteiger partial charge is 0.534 e. The minimum absolute atomic E-state index is 0.0418. The van der Waals surface area contributed by atoms with Crippen LogP contribution in [0.2, 0.25) is 0 Å². The van der Waals surface area contributed by atoms with Crippen LogP contribution < -0.4 is 4.18 Å². The Labute approximate surface area is 181 Å². The lowest BCUT2D eigenvalue weighted by atomic mass is 10.0. The molecule has 2 heterocycles. The van der Waals surface area contributed by atoms with Gasteiger partial charge in [-0.05, 0) is 18.6 Å². The van der Waals surface area contributed by atoms with Crippen molar-refractivity contribution in [2.75, 3.05) is 0 Å². The molecule has 2 aromatic carbocycles. The zero-order chi connectivity index (χ0) is 23.1. The quantitative estimate of drug-likeness (QED) is 0.222. The molecule has 0 radical (unpaired) electrons. The normalized spacial score (nSPS) is 12.0. The third kappa shape index (κ3) is 3.78. The van der Waals surface area contributed by atoms with Crippen molar-refractivity contribution in [3.63, 3.8) is 0 Å². The van der Waals surface area contributed by atoms with E-state index >= 15 is 0 Å². The molecule has 4 aromatic rings. The number of aryl methyl sites for hydroxylation is 1. The SMILES string of the molecule is [C-]#[N+]c1ccc(-c2cc3c(OS(=O)(=O)C(F)(F)F)ccnn3c2-c2ccc(C)cc2)cc1. The Morgan fingerprint density at radius 1 is 1.00 bits per heavy atom. The van der Waals surface area contributed by atoms with Gasteiger partial charge in [-0.15, -0.1) is 0 Å². The van der Waals surface area contributed by atoms with E-state index in [1.54, 1.807) is 24.3 Å². The summed E-state index contributed by atoms with van der Waals surface area (Å²) in [7, 11) is -5.86. The van der Waals surface area contributed by atoms with Crippen LogP contribution in [0.25, 0.3) is 32.7 Å². The lowest BCUT2D eigenvalue weighted by Gasteiger charge is -2.11. The van der Waals surface area contributed by atoms with Crippen LogP contribution in [0.15, 0.2) is 66.9 Å². The second-order valence-electron chi connectivity index (χ2n) is 6.91. The number of fused-ring (bicyclic) bond motifs is 1. The van der Waals surface area contributed by atoms with E-state index in [1.165, 1.54) is 10.6 Å². The maximum atomic E-state index is 12.9. The second kappa shape index (κ2) is 7.69. The summed E-state index contributed by atoms with van der Waals surface area (Å²) in [5.41, 5.74) is -1.60. The van der Waals surface area contributed by atoms with Crippen LogP contribution in [0.3, 0.4) is 0 Å². The van der Waals surface area contributed by atoms with Gasteiger partial charge >= 0.3 is 15.6 Å². The lowest BCUT2D eigenvalue weighted by Crippen LogP contribution is -2.28. The van der Waals surface area contributed by atoms with Gasteiger partial charge in [0.2, 0.25) is 0 Å². The molecular formula is C22H14F3N3O3S. The average Bonchev–Trinajstić information content (AvgIpc) is 3.14. The summed E-state index contributed by atoms with van der Waals surface area (Å²) in [6.45, 7) is 9.02. The highest BCUT2D eigenvalue weighted by Gasteiger charge is 2.48. The summed E-state index contributed by atoms with van der Waals surface area (Å²) in [4.78, 5) is 3.36. The third-order valence-corrected chi connectivity index (χ3v) is 5.72. The molecule has 0 aliphatic carbocycles. The maximum Gasteiger partial charge on any atom is 0.534 e. The monoisotopic (exact) mass is 457 g/mol. The highest BCUT2D eigenvalue weighted by molar-refractivity contribution is 7.88. The summed E-state index contributed by atoms with van der Waals surface area (Å²) in [5, 5.41) is 4.22. The molecule has 0 unspecified atom stereocenters. The Balaban J connectivity index is 1.98. The fourth-order valence-electron chi connectivity index (χ4n) is 3.21. The molecule has 32 heavy (non-hydrogen) atoms. The van der Waals surface area contributed by atoms with Crippen LogP contribution in [0.4, 0.5) is 18.9 Å². The van der Waals surface area contributed by atoms with Crippen LogP contribution in [0.5, 0.6) is 5.75 Å². The van der Waals surface area contributed by atoms with Gasteiger partial charge in [-0.2, -0.15) is 26.7 Å². The van der Waals surface area contributed by atoms with E-state index in [0.29, 0.717) is 28.1 Å². The number of nitrogens with zero attached hydrogens (tertiary/aromatic N) is 3. The zero-order valence-electron chi connectivity index (χ0n) is 16.5. The van der Waals surface area contributed by atoms with Crippen LogP contribution in [0, 0.1) is 13.5 Å². The van der Waals surface area contributed by atoms with Crippen molar-refractivity contribution < 1.29 is 25.8 Å². The smallest absolute Gasteiger partial charge is 0.374 e. The molecule has 0 aliphatic rings. The molecule has 0 bridgehead atoms. The predicted octanol–water partition coefficient (Wildman–Crippen LogP) is 5.76. The predicted molar refractivity (Wildman–Crippen MR) is 113 cm³/mol. The first-order valence-corrected chi connectivity index (χ1v) is 10.6. The Hall–Kier alpha value is -3.84. The minimum atomic E-state index is -5.86. The average molecular weight is 457 g/mol. The molecule has 0 atom stereocenters. The van der Waals surface area contributed by atoms with E-state index in [9.17, 15) is 21.6 Å². The topological polar surface area (TPSA) is 65.0 Å². The summed E-state index contributed by atoms with van der Waals surface area (Å²) < 4.78 is 67.6. The standard InChI is InChI=1S/C22H14F3N3O3S/c1-14-3-5-16(6-4-14)21-18(15-7-9-17(26-2)10-8-15)13-19-20(11-12-27-28(19)21)31-32(29,30)22(23,24)25/h3-13H,1H3. The molecule has 4 rings (SSSR count). The number of hydrogen-bond acceptors (Lipinski definition) is 4. The maximum absolute atomic E-state index is 12.9. The Morgan fingerprint density at radius 3 is 2.22 bits per heavy atom. The van der Waals surface area contributed by atoms with Crippen LogP contribution in [-0.2, 0) is 10.1 Å². The zero-order valence-corrected chi connectivity index (χ0v) is 17.3. The van der Waals surface area contributed by atoms with E-state index in [4.69, 9.17) is 6.57 Å². The Morgan fingerprint density at radius 2 is 1.62 bits per heavy atom. The fraction of sp³-hybridized carbons (Fsp3) is 0.0909. The fourth-order valence-corrected chi connectivity index (χ4v) is 3.68. The van der Waals surface area contributed by atoms with E-state index in [2.05, 4.69) is 14.1 Å². The molecule has 0 aliphatic heterocycles. The van der Waals surface area contributed by atoms with E-state index in [0.717, 1.165) is 17.8 Å². The molecule has 6 nitrogen and oxygen atoms in total. The van der Waals surface area contributed by atoms with Crippen LogP contribution in [0.1, 0.15) is 5.56 Å².